The van der Waals surface area contributed by atoms with Crippen LogP contribution in [0.1, 0.15) is 11.1 Å². The molecule has 0 atom stereocenters. The van der Waals surface area contributed by atoms with Gasteiger partial charge in [0.15, 0.2) is 5.17 Å². The Hall–Kier alpha value is -2.85. The van der Waals surface area contributed by atoms with Crippen molar-refractivity contribution in [1.29, 1.82) is 0 Å². The quantitative estimate of drug-likeness (QED) is 0.662. The number of aliphatic imine (C=N–C) groups is 1. The normalized spacial score (nSPS) is 17.4. The van der Waals surface area contributed by atoms with Crippen LogP contribution in [-0.2, 0) is 4.79 Å². The van der Waals surface area contributed by atoms with E-state index in [2.05, 4.69) is 28.5 Å². The molecule has 0 spiro atoms. The number of amidine groups is 1. The number of thioether (sulfide) groups is 1. The number of aryl methyl sites for hydroxylation is 1. The van der Waals surface area contributed by atoms with E-state index in [0.717, 1.165) is 22.0 Å². The molecule has 1 N–H and O–H groups in total. The van der Waals surface area contributed by atoms with Crippen molar-refractivity contribution >= 4 is 45.4 Å². The molecule has 0 radical (unpaired) electrons. The van der Waals surface area contributed by atoms with Gasteiger partial charge in [-0.15, -0.1) is 0 Å². The molecular formula is C21H16N2OS. The highest BCUT2D eigenvalue weighted by atomic mass is 32.2. The topological polar surface area (TPSA) is 41.5 Å². The largest absolute Gasteiger partial charge is 0.300 e. The lowest BCUT2D eigenvalue weighted by Gasteiger charge is -2.02. The zero-order valence-electron chi connectivity index (χ0n) is 13.7. The van der Waals surface area contributed by atoms with Crippen molar-refractivity contribution in [3.63, 3.8) is 0 Å². The molecule has 1 amide bonds. The zero-order chi connectivity index (χ0) is 17.2. The summed E-state index contributed by atoms with van der Waals surface area (Å²) in [7, 11) is 0. The minimum atomic E-state index is -0.108. The van der Waals surface area contributed by atoms with Crippen molar-refractivity contribution < 1.29 is 4.79 Å². The Morgan fingerprint density at radius 3 is 2.56 bits per heavy atom. The van der Waals surface area contributed by atoms with E-state index in [1.807, 2.05) is 61.5 Å². The van der Waals surface area contributed by atoms with Crippen LogP contribution in [0, 0.1) is 6.92 Å². The van der Waals surface area contributed by atoms with Crippen LogP contribution in [0.2, 0.25) is 0 Å². The summed E-state index contributed by atoms with van der Waals surface area (Å²) in [5.74, 6) is -0.108. The van der Waals surface area contributed by atoms with Gasteiger partial charge < -0.3 is 5.32 Å². The van der Waals surface area contributed by atoms with Crippen molar-refractivity contribution in [1.82, 2.24) is 5.32 Å². The molecule has 0 unspecified atom stereocenters. The number of fused-ring (bicyclic) bond motifs is 1. The van der Waals surface area contributed by atoms with E-state index in [4.69, 9.17) is 0 Å². The van der Waals surface area contributed by atoms with Gasteiger partial charge in [-0.05, 0) is 53.2 Å². The molecule has 1 aliphatic rings. The number of amides is 1. The maximum Gasteiger partial charge on any atom is 0.264 e. The highest BCUT2D eigenvalue weighted by molar-refractivity contribution is 8.18. The van der Waals surface area contributed by atoms with Crippen LogP contribution >= 0.6 is 11.8 Å². The third-order valence-electron chi connectivity index (χ3n) is 4.03. The maximum atomic E-state index is 12.3. The van der Waals surface area contributed by atoms with Gasteiger partial charge in [0.05, 0.1) is 10.6 Å². The molecular weight excluding hydrogens is 328 g/mol. The first-order chi connectivity index (χ1) is 12.2. The molecule has 4 rings (SSSR count). The Morgan fingerprint density at radius 2 is 1.72 bits per heavy atom. The molecule has 1 heterocycles. The highest BCUT2D eigenvalue weighted by Crippen LogP contribution is 2.30. The van der Waals surface area contributed by atoms with Crippen LogP contribution in [0.4, 0.5) is 5.69 Å². The molecule has 1 saturated heterocycles. The molecule has 3 nitrogen and oxygen atoms in total. The van der Waals surface area contributed by atoms with E-state index >= 15 is 0 Å². The third-order valence-corrected chi connectivity index (χ3v) is 4.94. The molecule has 4 heteroatoms. The summed E-state index contributed by atoms with van der Waals surface area (Å²) < 4.78 is 0. The van der Waals surface area contributed by atoms with Gasteiger partial charge in [0, 0.05) is 0 Å². The summed E-state index contributed by atoms with van der Waals surface area (Å²) in [5.41, 5.74) is 3.05. The number of carbonyl (C=O) groups is 1. The second-order valence-electron chi connectivity index (χ2n) is 5.89. The fraction of sp³-hybridized carbons (Fsp3) is 0.0476. The Kier molecular flexibility index (Phi) is 4.12. The molecule has 3 aromatic carbocycles. The molecule has 0 aliphatic carbocycles. The number of hydrogen-bond donors (Lipinski definition) is 1. The average Bonchev–Trinajstić information content (AvgIpc) is 2.96. The number of carbonyl (C=O) groups excluding carboxylic acids is 1. The number of benzene rings is 3. The summed E-state index contributed by atoms with van der Waals surface area (Å²) in [6.45, 7) is 2.04. The second-order valence-corrected chi connectivity index (χ2v) is 6.92. The van der Waals surface area contributed by atoms with E-state index < -0.39 is 0 Å². The third kappa shape index (κ3) is 3.35. The minimum absolute atomic E-state index is 0.108. The van der Waals surface area contributed by atoms with Gasteiger partial charge in [-0.1, -0.05) is 60.2 Å². The van der Waals surface area contributed by atoms with Crippen molar-refractivity contribution in [3.05, 3.63) is 82.8 Å². The maximum absolute atomic E-state index is 12.3. The van der Waals surface area contributed by atoms with Gasteiger partial charge in [-0.2, -0.15) is 0 Å². The van der Waals surface area contributed by atoms with E-state index in [1.54, 1.807) is 0 Å². The van der Waals surface area contributed by atoms with E-state index in [-0.39, 0.29) is 5.91 Å². The van der Waals surface area contributed by atoms with Crippen LogP contribution in [0.25, 0.3) is 16.8 Å². The first-order valence-electron chi connectivity index (χ1n) is 8.03. The summed E-state index contributed by atoms with van der Waals surface area (Å²) in [6.07, 6.45) is 1.93. The summed E-state index contributed by atoms with van der Waals surface area (Å²) in [6, 6.07) is 22.2. The zero-order valence-corrected chi connectivity index (χ0v) is 14.5. The predicted molar refractivity (Wildman–Crippen MR) is 106 cm³/mol. The van der Waals surface area contributed by atoms with Crippen molar-refractivity contribution in [3.8, 4) is 0 Å². The highest BCUT2D eigenvalue weighted by Gasteiger charge is 2.23. The molecule has 1 aliphatic heterocycles. The molecule has 1 fully saturated rings. The van der Waals surface area contributed by atoms with Crippen molar-refractivity contribution in [2.45, 2.75) is 6.92 Å². The predicted octanol–water partition coefficient (Wildman–Crippen LogP) is 5.04. The van der Waals surface area contributed by atoms with Crippen molar-refractivity contribution in [2.75, 3.05) is 0 Å². The number of nitrogens with one attached hydrogen (secondary N) is 1. The Balaban J connectivity index is 1.66. The van der Waals surface area contributed by atoms with Crippen molar-refractivity contribution in [2.24, 2.45) is 4.99 Å². The van der Waals surface area contributed by atoms with E-state index in [1.165, 1.54) is 17.3 Å². The summed E-state index contributed by atoms with van der Waals surface area (Å²) in [5, 5.41) is 5.75. The van der Waals surface area contributed by atoms with Crippen LogP contribution in [0.5, 0.6) is 0 Å². The lowest BCUT2D eigenvalue weighted by atomic mass is 10.0. The van der Waals surface area contributed by atoms with Gasteiger partial charge >= 0.3 is 0 Å². The van der Waals surface area contributed by atoms with E-state index in [9.17, 15) is 4.79 Å². The molecule has 0 bridgehead atoms. The first-order valence-corrected chi connectivity index (χ1v) is 8.85. The number of rotatable bonds is 2. The standard InChI is InChI=1S/C21H16N2OS/c1-14-9-11-17(12-10-14)22-21-23-20(24)19(25-21)13-16-7-4-6-15-5-2-3-8-18(15)16/h2-13H,1H3,(H,22,23,24). The van der Waals surface area contributed by atoms with Gasteiger partial charge in [-0.25, -0.2) is 4.99 Å². The molecule has 25 heavy (non-hydrogen) atoms. The SMILES string of the molecule is Cc1ccc(N=C2NC(=O)C(=Cc3cccc4ccccc34)S2)cc1. The van der Waals surface area contributed by atoms with Gasteiger partial charge in [0.1, 0.15) is 0 Å². The number of nitrogens with zero attached hydrogens (tertiary/aromatic N) is 1. The fourth-order valence-electron chi connectivity index (χ4n) is 2.73. The fourth-order valence-corrected chi connectivity index (χ4v) is 3.57. The smallest absolute Gasteiger partial charge is 0.264 e. The lowest BCUT2D eigenvalue weighted by molar-refractivity contribution is -0.115. The molecule has 0 aromatic heterocycles. The van der Waals surface area contributed by atoms with Crippen LogP contribution < -0.4 is 5.32 Å². The van der Waals surface area contributed by atoms with Gasteiger partial charge in [0.2, 0.25) is 0 Å². The van der Waals surface area contributed by atoms with Gasteiger partial charge in [0.25, 0.3) is 5.91 Å². The Morgan fingerprint density at radius 1 is 0.960 bits per heavy atom. The lowest BCUT2D eigenvalue weighted by Crippen LogP contribution is -2.19. The van der Waals surface area contributed by atoms with Crippen LogP contribution in [0.15, 0.2) is 76.6 Å². The van der Waals surface area contributed by atoms with Crippen LogP contribution in [-0.4, -0.2) is 11.1 Å². The molecule has 3 aromatic rings. The minimum Gasteiger partial charge on any atom is -0.300 e. The summed E-state index contributed by atoms with van der Waals surface area (Å²) in [4.78, 5) is 17.5. The second kappa shape index (κ2) is 6.57. The Labute approximate surface area is 150 Å². The monoisotopic (exact) mass is 344 g/mol. The molecule has 0 saturated carbocycles. The average molecular weight is 344 g/mol. The molecule has 122 valence electrons. The first kappa shape index (κ1) is 15.7. The van der Waals surface area contributed by atoms with Crippen LogP contribution in [0.3, 0.4) is 0 Å². The number of hydrogen-bond acceptors (Lipinski definition) is 3. The Bertz CT molecular complexity index is 1010. The van der Waals surface area contributed by atoms with E-state index in [0.29, 0.717) is 10.1 Å². The van der Waals surface area contributed by atoms with Gasteiger partial charge in [-0.3, -0.25) is 4.79 Å². The summed E-state index contributed by atoms with van der Waals surface area (Å²) >= 11 is 1.37.